The molecule has 0 aliphatic rings. The molecule has 0 aliphatic carbocycles. The maximum atomic E-state index is 5.26. The average Bonchev–Trinajstić information content (AvgIpc) is 2.10. The highest BCUT2D eigenvalue weighted by molar-refractivity contribution is 9.09. The molecule has 72 valence electrons. The van der Waals surface area contributed by atoms with Crippen LogP contribution in [0.2, 0.25) is 0 Å². The zero-order valence-electron chi connectivity index (χ0n) is 7.73. The first kappa shape index (κ1) is 12.2. The van der Waals surface area contributed by atoms with Gasteiger partial charge >= 0.3 is 0 Å². The first-order valence-corrected chi connectivity index (χ1v) is 5.78. The van der Waals surface area contributed by atoms with Gasteiger partial charge in [-0.05, 0) is 12.8 Å². The van der Waals surface area contributed by atoms with E-state index in [9.17, 15) is 0 Å². The van der Waals surface area contributed by atoms with E-state index in [-0.39, 0.29) is 0 Å². The van der Waals surface area contributed by atoms with E-state index in [0.29, 0.717) is 6.61 Å². The summed E-state index contributed by atoms with van der Waals surface area (Å²) >= 11 is 3.42. The molecule has 2 heteroatoms. The van der Waals surface area contributed by atoms with Crippen LogP contribution in [0.3, 0.4) is 0 Å². The van der Waals surface area contributed by atoms with Gasteiger partial charge in [0.05, 0.1) is 6.61 Å². The Kier molecular flexibility index (Phi) is 11.3. The lowest BCUT2D eigenvalue weighted by molar-refractivity contribution is 0.157. The fourth-order valence-corrected chi connectivity index (χ4v) is 1.39. The summed E-state index contributed by atoms with van der Waals surface area (Å²) in [7, 11) is 0. The second kappa shape index (κ2) is 11.2. The zero-order chi connectivity index (χ0) is 9.07. The molecule has 0 atom stereocenters. The minimum atomic E-state index is 0.696. The van der Waals surface area contributed by atoms with Crippen LogP contribution < -0.4 is 0 Å². The molecule has 0 unspecified atom stereocenters. The Morgan fingerprint density at radius 3 is 2.42 bits per heavy atom. The molecular formula is C10H19BrO. The van der Waals surface area contributed by atoms with Crippen LogP contribution in [0.5, 0.6) is 0 Å². The maximum Gasteiger partial charge on any atom is 0.0644 e. The van der Waals surface area contributed by atoms with Gasteiger partial charge in [0.1, 0.15) is 0 Å². The van der Waals surface area contributed by atoms with Crippen molar-refractivity contribution in [2.75, 3.05) is 18.5 Å². The molecule has 1 nitrogen and oxygen atoms in total. The molecule has 0 saturated heterocycles. The molecule has 0 N–H and O–H groups in total. The number of unbranched alkanes of at least 4 members (excludes halogenated alkanes) is 4. The van der Waals surface area contributed by atoms with Crippen molar-refractivity contribution in [2.45, 2.75) is 32.1 Å². The van der Waals surface area contributed by atoms with Gasteiger partial charge in [0.25, 0.3) is 0 Å². The Bertz CT molecular complexity index is 93.8. The van der Waals surface area contributed by atoms with Crippen molar-refractivity contribution in [1.82, 2.24) is 0 Å². The molecule has 0 aromatic carbocycles. The molecule has 0 spiro atoms. The Balaban J connectivity index is 2.77. The van der Waals surface area contributed by atoms with Crippen molar-refractivity contribution >= 4 is 15.9 Å². The van der Waals surface area contributed by atoms with E-state index < -0.39 is 0 Å². The summed E-state index contributed by atoms with van der Waals surface area (Å²) in [6.07, 6.45) is 8.26. The van der Waals surface area contributed by atoms with Gasteiger partial charge in [-0.15, -0.1) is 6.58 Å². The van der Waals surface area contributed by atoms with E-state index in [0.717, 1.165) is 11.9 Å². The molecule has 0 heterocycles. The van der Waals surface area contributed by atoms with Crippen molar-refractivity contribution in [3.8, 4) is 0 Å². The smallest absolute Gasteiger partial charge is 0.0644 e. The van der Waals surface area contributed by atoms with Gasteiger partial charge in [-0.1, -0.05) is 41.3 Å². The normalized spacial score (nSPS) is 10.1. The maximum absolute atomic E-state index is 5.26. The zero-order valence-corrected chi connectivity index (χ0v) is 9.31. The lowest BCUT2D eigenvalue weighted by Gasteiger charge is -2.00. The van der Waals surface area contributed by atoms with Gasteiger partial charge in [-0.3, -0.25) is 0 Å². The summed E-state index contributed by atoms with van der Waals surface area (Å²) < 4.78 is 5.26. The third-order valence-corrected chi connectivity index (χ3v) is 2.22. The third-order valence-electron chi connectivity index (χ3n) is 1.66. The van der Waals surface area contributed by atoms with Crippen LogP contribution in [0.1, 0.15) is 32.1 Å². The number of rotatable bonds is 9. The van der Waals surface area contributed by atoms with Crippen LogP contribution in [0.15, 0.2) is 12.7 Å². The molecule has 0 bridgehead atoms. The molecule has 0 aromatic heterocycles. The Morgan fingerprint density at radius 1 is 1.08 bits per heavy atom. The second-order valence-corrected chi connectivity index (χ2v) is 3.61. The van der Waals surface area contributed by atoms with E-state index in [1.165, 1.54) is 32.1 Å². The number of alkyl halides is 1. The number of hydrogen-bond donors (Lipinski definition) is 0. The minimum Gasteiger partial charge on any atom is -0.377 e. The number of halogens is 1. The highest BCUT2D eigenvalue weighted by Gasteiger charge is 1.89. The van der Waals surface area contributed by atoms with E-state index in [1.54, 1.807) is 6.08 Å². The van der Waals surface area contributed by atoms with Crippen LogP contribution >= 0.6 is 15.9 Å². The van der Waals surface area contributed by atoms with Gasteiger partial charge in [0.2, 0.25) is 0 Å². The van der Waals surface area contributed by atoms with Crippen molar-refractivity contribution in [1.29, 1.82) is 0 Å². The van der Waals surface area contributed by atoms with E-state index >= 15 is 0 Å². The van der Waals surface area contributed by atoms with Crippen molar-refractivity contribution in [3.63, 3.8) is 0 Å². The Hall–Kier alpha value is 0.180. The van der Waals surface area contributed by atoms with Crippen LogP contribution in [0, 0.1) is 0 Å². The lowest BCUT2D eigenvalue weighted by atomic mass is 10.2. The Morgan fingerprint density at radius 2 is 1.75 bits per heavy atom. The monoisotopic (exact) mass is 234 g/mol. The first-order valence-electron chi connectivity index (χ1n) is 4.66. The summed E-state index contributed by atoms with van der Waals surface area (Å²) in [4.78, 5) is 0. The van der Waals surface area contributed by atoms with Gasteiger partial charge in [0.15, 0.2) is 0 Å². The largest absolute Gasteiger partial charge is 0.377 e. The van der Waals surface area contributed by atoms with Gasteiger partial charge in [0, 0.05) is 11.9 Å². The van der Waals surface area contributed by atoms with Crippen LogP contribution in [0.25, 0.3) is 0 Å². The molecule has 0 radical (unpaired) electrons. The van der Waals surface area contributed by atoms with Crippen molar-refractivity contribution in [2.24, 2.45) is 0 Å². The van der Waals surface area contributed by atoms with E-state index in [2.05, 4.69) is 22.5 Å². The fraction of sp³-hybridized carbons (Fsp3) is 0.800. The topological polar surface area (TPSA) is 9.23 Å². The molecule has 12 heavy (non-hydrogen) atoms. The predicted molar refractivity (Wildman–Crippen MR) is 57.9 cm³/mol. The molecule has 0 amide bonds. The minimum absolute atomic E-state index is 0.696. The second-order valence-electron chi connectivity index (χ2n) is 2.82. The quantitative estimate of drug-likeness (QED) is 0.337. The van der Waals surface area contributed by atoms with Crippen molar-refractivity contribution in [3.05, 3.63) is 12.7 Å². The summed E-state index contributed by atoms with van der Waals surface area (Å²) in [6, 6.07) is 0. The average molecular weight is 235 g/mol. The molecule has 0 fully saturated rings. The molecule has 0 rings (SSSR count). The first-order chi connectivity index (χ1) is 5.91. The Labute approximate surface area is 84.3 Å². The lowest BCUT2D eigenvalue weighted by Crippen LogP contribution is -1.93. The van der Waals surface area contributed by atoms with E-state index in [1.807, 2.05) is 0 Å². The highest BCUT2D eigenvalue weighted by atomic mass is 79.9. The standard InChI is InChI=1S/C10H19BrO/c1-2-9-12-10-7-5-3-4-6-8-11/h2H,1,3-10H2. The fourth-order valence-electron chi connectivity index (χ4n) is 0.996. The molecule has 0 aromatic rings. The summed E-state index contributed by atoms with van der Waals surface area (Å²) in [5, 5.41) is 1.14. The SMILES string of the molecule is C=CCOCCCCCCCBr. The number of ether oxygens (including phenoxy) is 1. The molecule has 0 aliphatic heterocycles. The van der Waals surface area contributed by atoms with Crippen molar-refractivity contribution < 1.29 is 4.74 Å². The summed E-state index contributed by atoms with van der Waals surface area (Å²) in [6.45, 7) is 5.17. The summed E-state index contributed by atoms with van der Waals surface area (Å²) in [5.74, 6) is 0. The summed E-state index contributed by atoms with van der Waals surface area (Å²) in [5.41, 5.74) is 0. The van der Waals surface area contributed by atoms with Crippen LogP contribution in [-0.4, -0.2) is 18.5 Å². The van der Waals surface area contributed by atoms with Gasteiger partial charge in [-0.25, -0.2) is 0 Å². The van der Waals surface area contributed by atoms with E-state index in [4.69, 9.17) is 4.74 Å². The molecule has 0 saturated carbocycles. The van der Waals surface area contributed by atoms with Gasteiger partial charge < -0.3 is 4.74 Å². The third kappa shape index (κ3) is 10.2. The van der Waals surface area contributed by atoms with Gasteiger partial charge in [-0.2, -0.15) is 0 Å². The number of hydrogen-bond acceptors (Lipinski definition) is 1. The van der Waals surface area contributed by atoms with Crippen LogP contribution in [-0.2, 0) is 4.74 Å². The molecular weight excluding hydrogens is 216 g/mol. The predicted octanol–water partition coefficient (Wildman–Crippen LogP) is 3.53. The highest BCUT2D eigenvalue weighted by Crippen LogP contribution is 2.04. The van der Waals surface area contributed by atoms with Crippen LogP contribution in [0.4, 0.5) is 0 Å².